The minimum atomic E-state index is -0.180. The minimum absolute atomic E-state index is 0.180. The van der Waals surface area contributed by atoms with E-state index >= 15 is 0 Å². The molecule has 98 valence electrons. The molecule has 1 saturated heterocycles. The van der Waals surface area contributed by atoms with Crippen LogP contribution in [0.1, 0.15) is 40.0 Å². The normalized spacial score (nSPS) is 26.2. The maximum absolute atomic E-state index is 12.3. The van der Waals surface area contributed by atoms with Gasteiger partial charge in [0.25, 0.3) is 0 Å². The molecule has 0 aromatic rings. The number of hydrogen-bond acceptors (Lipinski definition) is 3. The number of rotatable bonds is 6. The third kappa shape index (κ3) is 2.47. The van der Waals surface area contributed by atoms with Crippen LogP contribution in [0, 0.1) is 5.92 Å². The molecule has 0 aromatic carbocycles. The molecule has 1 atom stereocenters. The molecule has 1 spiro atoms. The number of hydrogen-bond donors (Lipinski definition) is 1. The molecule has 4 nitrogen and oxygen atoms in total. The number of nitrogens with one attached hydrogen (secondary N) is 1. The summed E-state index contributed by atoms with van der Waals surface area (Å²) in [5, 5.41) is 3.52. The molecule has 4 heteroatoms. The van der Waals surface area contributed by atoms with E-state index in [-0.39, 0.29) is 11.7 Å². The van der Waals surface area contributed by atoms with Gasteiger partial charge in [0.1, 0.15) is 0 Å². The number of ether oxygens (including phenoxy) is 1. The predicted octanol–water partition coefficient (Wildman–Crippen LogP) is 1.36. The zero-order valence-corrected chi connectivity index (χ0v) is 11.2. The first-order chi connectivity index (χ1) is 8.10. The highest BCUT2D eigenvalue weighted by Gasteiger charge is 2.59. The fraction of sp³-hybridized carbons (Fsp3) is 0.923. The topological polar surface area (TPSA) is 41.6 Å². The molecule has 0 radical (unpaired) electrons. The highest BCUT2D eigenvalue weighted by molar-refractivity contribution is 5.91. The van der Waals surface area contributed by atoms with Crippen LogP contribution in [0.5, 0.6) is 0 Å². The van der Waals surface area contributed by atoms with Crippen molar-refractivity contribution >= 4 is 5.91 Å². The minimum Gasteiger partial charge on any atom is -0.382 e. The molecule has 2 fully saturated rings. The molecular formula is C13H24N2O2. The second-order valence-electron chi connectivity index (χ2n) is 5.46. The first-order valence-corrected chi connectivity index (χ1v) is 6.77. The fourth-order valence-electron chi connectivity index (χ4n) is 2.56. The first kappa shape index (κ1) is 12.8. The Kier molecular flexibility index (Phi) is 3.73. The van der Waals surface area contributed by atoms with Crippen LogP contribution in [-0.4, -0.2) is 42.3 Å². The lowest BCUT2D eigenvalue weighted by atomic mass is 10.1. The molecule has 17 heavy (non-hydrogen) atoms. The third-order valence-electron chi connectivity index (χ3n) is 3.70. The van der Waals surface area contributed by atoms with Gasteiger partial charge in [-0.3, -0.25) is 10.1 Å². The molecule has 1 heterocycles. The van der Waals surface area contributed by atoms with Crippen LogP contribution in [0.3, 0.4) is 0 Å². The molecule has 2 rings (SSSR count). The molecule has 2 aliphatic rings. The van der Waals surface area contributed by atoms with E-state index in [1.54, 1.807) is 0 Å². The largest absolute Gasteiger partial charge is 0.382 e. The van der Waals surface area contributed by atoms with Crippen molar-refractivity contribution in [1.82, 2.24) is 10.2 Å². The van der Waals surface area contributed by atoms with E-state index in [9.17, 15) is 4.79 Å². The van der Waals surface area contributed by atoms with Gasteiger partial charge in [-0.05, 0) is 32.1 Å². The van der Waals surface area contributed by atoms with Gasteiger partial charge in [-0.25, -0.2) is 0 Å². The van der Waals surface area contributed by atoms with Gasteiger partial charge >= 0.3 is 0 Å². The highest BCUT2D eigenvalue weighted by Crippen LogP contribution is 2.43. The van der Waals surface area contributed by atoms with Crippen molar-refractivity contribution in [3.63, 3.8) is 0 Å². The number of carbonyl (C=O) groups excluding carboxylic acids is 1. The van der Waals surface area contributed by atoms with Gasteiger partial charge in [0.15, 0.2) is 0 Å². The quantitative estimate of drug-likeness (QED) is 0.713. The van der Waals surface area contributed by atoms with Crippen LogP contribution in [0.15, 0.2) is 0 Å². The van der Waals surface area contributed by atoms with Crippen LogP contribution in [0.4, 0.5) is 0 Å². The van der Waals surface area contributed by atoms with E-state index in [1.807, 2.05) is 11.8 Å². The van der Waals surface area contributed by atoms with E-state index in [2.05, 4.69) is 19.2 Å². The summed E-state index contributed by atoms with van der Waals surface area (Å²) >= 11 is 0. The standard InChI is InChI=1S/C13H24N2O2/c1-4-17-9-5-8-15-11(10(2)3)14-13(6-7-13)12(15)16/h10-11,14H,4-9H2,1-3H3. The number of carbonyl (C=O) groups is 1. The summed E-state index contributed by atoms with van der Waals surface area (Å²) in [6.45, 7) is 8.65. The summed E-state index contributed by atoms with van der Waals surface area (Å²) < 4.78 is 5.33. The predicted molar refractivity (Wildman–Crippen MR) is 66.5 cm³/mol. The van der Waals surface area contributed by atoms with Crippen molar-refractivity contribution < 1.29 is 9.53 Å². The molecule has 1 aliphatic heterocycles. The van der Waals surface area contributed by atoms with Gasteiger partial charge < -0.3 is 9.64 Å². The third-order valence-corrected chi connectivity index (χ3v) is 3.70. The van der Waals surface area contributed by atoms with Gasteiger partial charge in [-0.1, -0.05) is 13.8 Å². The maximum Gasteiger partial charge on any atom is 0.244 e. The van der Waals surface area contributed by atoms with Gasteiger partial charge in [0.2, 0.25) is 5.91 Å². The Morgan fingerprint density at radius 1 is 1.53 bits per heavy atom. The molecule has 1 unspecified atom stereocenters. The zero-order valence-electron chi connectivity index (χ0n) is 11.2. The summed E-state index contributed by atoms with van der Waals surface area (Å²) in [4.78, 5) is 14.3. The summed E-state index contributed by atoms with van der Waals surface area (Å²) in [5.74, 6) is 0.777. The second-order valence-corrected chi connectivity index (χ2v) is 5.46. The zero-order chi connectivity index (χ0) is 12.5. The summed E-state index contributed by atoms with van der Waals surface area (Å²) in [6.07, 6.45) is 3.17. The first-order valence-electron chi connectivity index (χ1n) is 6.77. The summed E-state index contributed by atoms with van der Waals surface area (Å²) in [6, 6.07) is 0. The average molecular weight is 240 g/mol. The maximum atomic E-state index is 12.3. The molecule has 1 N–H and O–H groups in total. The van der Waals surface area contributed by atoms with Crippen molar-refractivity contribution in [2.75, 3.05) is 19.8 Å². The Morgan fingerprint density at radius 3 is 2.76 bits per heavy atom. The Balaban J connectivity index is 1.90. The Bertz CT molecular complexity index is 287. The number of nitrogens with zero attached hydrogens (tertiary/aromatic N) is 1. The van der Waals surface area contributed by atoms with Crippen molar-refractivity contribution in [3.8, 4) is 0 Å². The van der Waals surface area contributed by atoms with Crippen molar-refractivity contribution in [1.29, 1.82) is 0 Å². The lowest BCUT2D eigenvalue weighted by molar-refractivity contribution is -0.131. The Hall–Kier alpha value is -0.610. The van der Waals surface area contributed by atoms with Crippen LogP contribution in [-0.2, 0) is 9.53 Å². The van der Waals surface area contributed by atoms with Gasteiger partial charge in [-0.2, -0.15) is 0 Å². The molecule has 1 aliphatic carbocycles. The van der Waals surface area contributed by atoms with E-state index < -0.39 is 0 Å². The molecule has 0 bridgehead atoms. The van der Waals surface area contributed by atoms with Gasteiger partial charge in [0.05, 0.1) is 11.7 Å². The fourth-order valence-corrected chi connectivity index (χ4v) is 2.56. The van der Waals surface area contributed by atoms with E-state index in [0.717, 1.165) is 39.0 Å². The molecule has 1 amide bonds. The Labute approximate surface area is 104 Å². The SMILES string of the molecule is CCOCCCN1C(=O)C2(CC2)NC1C(C)C. The number of amides is 1. The molecule has 0 aromatic heterocycles. The monoisotopic (exact) mass is 240 g/mol. The van der Waals surface area contributed by atoms with Crippen molar-refractivity contribution in [2.24, 2.45) is 5.92 Å². The van der Waals surface area contributed by atoms with Crippen LogP contribution in [0.25, 0.3) is 0 Å². The van der Waals surface area contributed by atoms with Gasteiger partial charge in [-0.15, -0.1) is 0 Å². The van der Waals surface area contributed by atoms with Crippen LogP contribution < -0.4 is 5.32 Å². The smallest absolute Gasteiger partial charge is 0.244 e. The van der Waals surface area contributed by atoms with E-state index in [1.165, 1.54) is 0 Å². The lowest BCUT2D eigenvalue weighted by Crippen LogP contribution is -2.42. The summed E-state index contributed by atoms with van der Waals surface area (Å²) in [7, 11) is 0. The lowest BCUT2D eigenvalue weighted by Gasteiger charge is -2.27. The van der Waals surface area contributed by atoms with Crippen molar-refractivity contribution in [2.45, 2.75) is 51.7 Å². The molecular weight excluding hydrogens is 216 g/mol. The van der Waals surface area contributed by atoms with Gasteiger partial charge in [0, 0.05) is 19.8 Å². The summed E-state index contributed by atoms with van der Waals surface area (Å²) in [5.41, 5.74) is -0.180. The second kappa shape index (κ2) is 4.94. The van der Waals surface area contributed by atoms with Crippen molar-refractivity contribution in [3.05, 3.63) is 0 Å². The molecule has 1 saturated carbocycles. The van der Waals surface area contributed by atoms with E-state index in [0.29, 0.717) is 11.8 Å². The van der Waals surface area contributed by atoms with Crippen LogP contribution >= 0.6 is 0 Å². The highest BCUT2D eigenvalue weighted by atomic mass is 16.5. The Morgan fingerprint density at radius 2 is 2.24 bits per heavy atom. The van der Waals surface area contributed by atoms with Crippen LogP contribution in [0.2, 0.25) is 0 Å². The average Bonchev–Trinajstić information content (AvgIpc) is 3.01. The van der Waals surface area contributed by atoms with E-state index in [4.69, 9.17) is 4.74 Å².